The van der Waals surface area contributed by atoms with E-state index < -0.39 is 18.5 Å². The van der Waals surface area contributed by atoms with Crippen LogP contribution in [-0.2, 0) is 4.74 Å². The molecule has 12 heteroatoms. The van der Waals surface area contributed by atoms with E-state index in [-0.39, 0.29) is 50.7 Å². The first kappa shape index (κ1) is 27.1. The van der Waals surface area contributed by atoms with E-state index in [0.717, 1.165) is 6.07 Å². The molecule has 1 heterocycles. The highest BCUT2D eigenvalue weighted by Gasteiger charge is 2.18. The molecule has 0 bridgehead atoms. The number of anilines is 1. The number of hydrogen-bond acceptors (Lipinski definition) is 7. The Bertz CT molecular complexity index is 1220. The van der Waals surface area contributed by atoms with Gasteiger partial charge in [0.25, 0.3) is 5.91 Å². The van der Waals surface area contributed by atoms with E-state index in [1.54, 1.807) is 0 Å². The standard InChI is InChI=1S/C24H21Cl2F2N3O5/c1-31(2)8-9-34-23(33)15-4-3-5-16(10-15)35-20-11-14(6-7-19(20)36-24(27)28)22(32)30-21-17(25)12-29-13-18(21)26/h3-7,10-13,24H,8-9H2,1-2H3,(H,29,30,32). The van der Waals surface area contributed by atoms with Gasteiger partial charge in [-0.1, -0.05) is 29.3 Å². The van der Waals surface area contributed by atoms with E-state index in [0.29, 0.717) is 6.54 Å². The molecular formula is C24H21Cl2F2N3O5. The molecule has 2 aromatic carbocycles. The largest absolute Gasteiger partial charge is 0.461 e. The van der Waals surface area contributed by atoms with E-state index in [2.05, 4.69) is 15.0 Å². The molecule has 0 aliphatic carbocycles. The predicted molar refractivity (Wildman–Crippen MR) is 131 cm³/mol. The quantitative estimate of drug-likeness (QED) is 0.328. The van der Waals surface area contributed by atoms with Crippen LogP contribution >= 0.6 is 23.2 Å². The summed E-state index contributed by atoms with van der Waals surface area (Å²) >= 11 is 12.1. The zero-order chi connectivity index (χ0) is 26.2. The maximum atomic E-state index is 13.0. The average Bonchev–Trinajstić information content (AvgIpc) is 2.82. The van der Waals surface area contributed by atoms with Gasteiger partial charge in [0.15, 0.2) is 11.5 Å². The zero-order valence-corrected chi connectivity index (χ0v) is 20.6. The van der Waals surface area contributed by atoms with E-state index in [4.69, 9.17) is 32.7 Å². The topological polar surface area (TPSA) is 90.0 Å². The Morgan fingerprint density at radius 2 is 1.75 bits per heavy atom. The van der Waals surface area contributed by atoms with Crippen LogP contribution < -0.4 is 14.8 Å². The van der Waals surface area contributed by atoms with Gasteiger partial charge in [-0.2, -0.15) is 8.78 Å². The summed E-state index contributed by atoms with van der Waals surface area (Å²) < 4.78 is 41.4. The van der Waals surface area contributed by atoms with Gasteiger partial charge in [0, 0.05) is 24.5 Å². The van der Waals surface area contributed by atoms with Crippen LogP contribution in [0.15, 0.2) is 54.9 Å². The van der Waals surface area contributed by atoms with Crippen LogP contribution in [0.1, 0.15) is 20.7 Å². The summed E-state index contributed by atoms with van der Waals surface area (Å²) in [6.45, 7) is -2.41. The molecule has 3 aromatic rings. The number of ether oxygens (including phenoxy) is 3. The molecule has 0 spiro atoms. The second-order valence-corrected chi connectivity index (χ2v) is 8.36. The summed E-state index contributed by atoms with van der Waals surface area (Å²) in [7, 11) is 3.69. The molecule has 1 amide bonds. The van der Waals surface area contributed by atoms with Gasteiger partial charge < -0.3 is 24.4 Å². The second kappa shape index (κ2) is 12.5. The lowest BCUT2D eigenvalue weighted by Crippen LogP contribution is -2.20. The molecule has 0 aliphatic rings. The number of nitrogens with zero attached hydrogens (tertiary/aromatic N) is 2. The molecule has 1 aromatic heterocycles. The van der Waals surface area contributed by atoms with Gasteiger partial charge >= 0.3 is 12.6 Å². The van der Waals surface area contributed by atoms with Crippen molar-refractivity contribution in [1.82, 2.24) is 9.88 Å². The third kappa shape index (κ3) is 7.51. The molecule has 36 heavy (non-hydrogen) atoms. The predicted octanol–water partition coefficient (Wildman–Crippen LogP) is 5.75. The van der Waals surface area contributed by atoms with Crippen LogP contribution in [0.2, 0.25) is 10.0 Å². The van der Waals surface area contributed by atoms with Crippen molar-refractivity contribution in [1.29, 1.82) is 0 Å². The number of pyridine rings is 1. The van der Waals surface area contributed by atoms with E-state index in [9.17, 15) is 18.4 Å². The number of halogens is 4. The molecule has 0 unspecified atom stereocenters. The monoisotopic (exact) mass is 539 g/mol. The highest BCUT2D eigenvalue weighted by atomic mass is 35.5. The van der Waals surface area contributed by atoms with Gasteiger partial charge in [-0.3, -0.25) is 9.78 Å². The summed E-state index contributed by atoms with van der Waals surface area (Å²) in [6.07, 6.45) is 2.60. The number of aromatic nitrogens is 1. The lowest BCUT2D eigenvalue weighted by atomic mass is 10.1. The molecule has 3 rings (SSSR count). The Kier molecular flexibility index (Phi) is 9.40. The fraction of sp³-hybridized carbons (Fsp3) is 0.208. The molecule has 0 atom stereocenters. The van der Waals surface area contributed by atoms with Crippen molar-refractivity contribution < 1.29 is 32.6 Å². The number of likely N-dealkylation sites (N-methyl/N-ethyl adjacent to an activating group) is 1. The number of carbonyl (C=O) groups is 2. The molecule has 0 aliphatic heterocycles. The highest BCUT2D eigenvalue weighted by molar-refractivity contribution is 6.39. The molecule has 0 radical (unpaired) electrons. The Hall–Kier alpha value is -3.47. The maximum Gasteiger partial charge on any atom is 0.387 e. The molecule has 8 nitrogen and oxygen atoms in total. The van der Waals surface area contributed by atoms with Gasteiger partial charge in [0.05, 0.1) is 21.3 Å². The van der Waals surface area contributed by atoms with E-state index in [1.165, 1.54) is 48.8 Å². The smallest absolute Gasteiger partial charge is 0.387 e. The van der Waals surface area contributed by atoms with Gasteiger partial charge in [-0.25, -0.2) is 4.79 Å². The molecule has 0 saturated heterocycles. The summed E-state index contributed by atoms with van der Waals surface area (Å²) in [5, 5.41) is 2.77. The first-order valence-electron chi connectivity index (χ1n) is 10.4. The third-order valence-electron chi connectivity index (χ3n) is 4.58. The van der Waals surface area contributed by atoms with Gasteiger partial charge in [-0.15, -0.1) is 0 Å². The van der Waals surface area contributed by atoms with Crippen molar-refractivity contribution in [2.24, 2.45) is 0 Å². The number of rotatable bonds is 10. The van der Waals surface area contributed by atoms with Crippen molar-refractivity contribution >= 4 is 40.8 Å². The summed E-state index contributed by atoms with van der Waals surface area (Å²) in [4.78, 5) is 30.8. The minimum absolute atomic E-state index is 0.0369. The van der Waals surface area contributed by atoms with Crippen molar-refractivity contribution in [3.63, 3.8) is 0 Å². The van der Waals surface area contributed by atoms with Crippen molar-refractivity contribution in [3.8, 4) is 17.2 Å². The molecule has 1 N–H and O–H groups in total. The normalized spacial score (nSPS) is 10.9. The van der Waals surface area contributed by atoms with Crippen molar-refractivity contribution in [2.75, 3.05) is 32.6 Å². The number of hydrogen-bond donors (Lipinski definition) is 1. The van der Waals surface area contributed by atoms with Gasteiger partial charge in [0.1, 0.15) is 12.4 Å². The van der Waals surface area contributed by atoms with E-state index in [1.807, 2.05) is 19.0 Å². The summed E-state index contributed by atoms with van der Waals surface area (Å²) in [5.74, 6) is -1.59. The Morgan fingerprint density at radius 3 is 2.42 bits per heavy atom. The minimum atomic E-state index is -3.14. The van der Waals surface area contributed by atoms with Crippen LogP contribution in [-0.4, -0.2) is 55.6 Å². The number of amides is 1. The molecule has 0 saturated carbocycles. The van der Waals surface area contributed by atoms with Gasteiger partial charge in [0.2, 0.25) is 0 Å². The second-order valence-electron chi connectivity index (χ2n) is 7.54. The zero-order valence-electron chi connectivity index (χ0n) is 19.1. The molecule has 190 valence electrons. The molecular weight excluding hydrogens is 519 g/mol. The van der Waals surface area contributed by atoms with Crippen LogP contribution in [0, 0.1) is 0 Å². The SMILES string of the molecule is CN(C)CCOC(=O)c1cccc(Oc2cc(C(=O)Nc3c(Cl)cncc3Cl)ccc2OC(F)F)c1. The fourth-order valence-electron chi connectivity index (χ4n) is 2.86. The maximum absolute atomic E-state index is 13.0. The van der Waals surface area contributed by atoms with Crippen LogP contribution in [0.25, 0.3) is 0 Å². The fourth-order valence-corrected chi connectivity index (χ4v) is 3.32. The van der Waals surface area contributed by atoms with Crippen LogP contribution in [0.3, 0.4) is 0 Å². The first-order chi connectivity index (χ1) is 17.1. The average molecular weight is 540 g/mol. The van der Waals surface area contributed by atoms with Crippen molar-refractivity contribution in [3.05, 3.63) is 76.0 Å². The number of carbonyl (C=O) groups excluding carboxylic acids is 2. The Labute approximate surface area is 215 Å². The minimum Gasteiger partial charge on any atom is -0.461 e. The third-order valence-corrected chi connectivity index (χ3v) is 5.16. The Balaban J connectivity index is 1.84. The number of alkyl halides is 2. The first-order valence-corrected chi connectivity index (χ1v) is 11.2. The summed E-state index contributed by atoms with van der Waals surface area (Å²) in [5.41, 5.74) is 0.363. The lowest BCUT2D eigenvalue weighted by Gasteiger charge is -2.15. The highest BCUT2D eigenvalue weighted by Crippen LogP contribution is 2.35. The number of nitrogens with one attached hydrogen (secondary N) is 1. The van der Waals surface area contributed by atoms with Crippen molar-refractivity contribution in [2.45, 2.75) is 6.61 Å². The van der Waals surface area contributed by atoms with Gasteiger partial charge in [-0.05, 0) is 50.5 Å². The number of esters is 1. The Morgan fingerprint density at radius 1 is 1.03 bits per heavy atom. The molecule has 0 fully saturated rings. The van der Waals surface area contributed by atoms with E-state index >= 15 is 0 Å². The number of benzene rings is 2. The lowest BCUT2D eigenvalue weighted by molar-refractivity contribution is -0.0510. The van der Waals surface area contributed by atoms with Crippen LogP contribution in [0.5, 0.6) is 17.2 Å². The van der Waals surface area contributed by atoms with Crippen LogP contribution in [0.4, 0.5) is 14.5 Å². The summed E-state index contributed by atoms with van der Waals surface area (Å²) in [6, 6.07) is 9.58.